The third-order valence-electron chi connectivity index (χ3n) is 6.43. The second kappa shape index (κ2) is 13.9. The van der Waals surface area contributed by atoms with Crippen LogP contribution in [-0.2, 0) is 14.9 Å². The smallest absolute Gasteiger partial charge is 0.143 e. The molecule has 0 aliphatic carbocycles. The van der Waals surface area contributed by atoms with E-state index in [1.807, 2.05) is 18.2 Å². The summed E-state index contributed by atoms with van der Waals surface area (Å²) in [4.78, 5) is 18.3. The van der Waals surface area contributed by atoms with E-state index in [4.69, 9.17) is 16.3 Å². The first-order chi connectivity index (χ1) is 13.6. The fourth-order valence-corrected chi connectivity index (χ4v) is 4.78. The molecule has 0 radical (unpaired) electrons. The lowest BCUT2D eigenvalue weighted by molar-refractivity contribution is -0.126. The van der Waals surface area contributed by atoms with Crippen LogP contribution in [0.5, 0.6) is 0 Å². The Morgan fingerprint density at radius 2 is 1.67 bits per heavy atom. The molecule has 0 spiro atoms. The summed E-state index contributed by atoms with van der Waals surface area (Å²) in [7, 11) is 0. The van der Waals surface area contributed by atoms with Crippen molar-refractivity contribution in [2.24, 2.45) is 0 Å². The molecule has 2 heterocycles. The minimum absolute atomic E-state index is 0. The van der Waals surface area contributed by atoms with Gasteiger partial charge in [0.25, 0.3) is 0 Å². The topological polar surface area (TPSA) is 32.8 Å². The number of morpholine rings is 1. The standard InChI is InChI=1S/C23H35ClN2O2.2ClH/c1-2-3-8-22(27)23(20-6-4-7-21(24)19-20)9-13-25(14-10-23)11-5-12-26-15-17-28-18-16-26;;/h4,6-7,19H,2-3,5,8-18H2,1H3;2*1H. The number of ether oxygens (including phenoxy) is 1. The Kier molecular flexibility index (Phi) is 12.8. The zero-order valence-electron chi connectivity index (χ0n) is 18.1. The van der Waals surface area contributed by atoms with Gasteiger partial charge in [0.05, 0.1) is 18.6 Å². The van der Waals surface area contributed by atoms with Crippen molar-refractivity contribution in [3.63, 3.8) is 0 Å². The zero-order valence-corrected chi connectivity index (χ0v) is 20.5. The molecule has 0 aromatic heterocycles. The van der Waals surface area contributed by atoms with E-state index in [1.165, 1.54) is 6.42 Å². The highest BCUT2D eigenvalue weighted by molar-refractivity contribution is 6.30. The third kappa shape index (κ3) is 7.36. The van der Waals surface area contributed by atoms with E-state index >= 15 is 0 Å². The van der Waals surface area contributed by atoms with Gasteiger partial charge in [0.15, 0.2) is 0 Å². The quantitative estimate of drug-likeness (QED) is 0.499. The number of hydrogen-bond donors (Lipinski definition) is 0. The third-order valence-corrected chi connectivity index (χ3v) is 6.67. The molecule has 0 bridgehead atoms. The normalized spacial score (nSPS) is 19.5. The van der Waals surface area contributed by atoms with Gasteiger partial charge in [-0.2, -0.15) is 0 Å². The van der Waals surface area contributed by atoms with Crippen molar-refractivity contribution in [3.8, 4) is 0 Å². The van der Waals surface area contributed by atoms with Crippen LogP contribution in [0.1, 0.15) is 51.0 Å². The monoisotopic (exact) mass is 478 g/mol. The first kappa shape index (κ1) is 27.7. The lowest BCUT2D eigenvalue weighted by Crippen LogP contribution is -2.48. The first-order valence-corrected chi connectivity index (χ1v) is 11.3. The number of Topliss-reactive ketones (excluding diaryl/α,β-unsaturated/α-hetero) is 1. The first-order valence-electron chi connectivity index (χ1n) is 11.0. The molecular formula is C23H37Cl3N2O2. The number of rotatable bonds is 9. The van der Waals surface area contributed by atoms with Crippen LogP contribution in [0.15, 0.2) is 24.3 Å². The van der Waals surface area contributed by atoms with Crippen LogP contribution in [0.25, 0.3) is 0 Å². The number of carbonyl (C=O) groups excluding carboxylic acids is 1. The van der Waals surface area contributed by atoms with E-state index in [9.17, 15) is 4.79 Å². The van der Waals surface area contributed by atoms with Crippen molar-refractivity contribution in [2.45, 2.75) is 50.9 Å². The van der Waals surface area contributed by atoms with Crippen molar-refractivity contribution in [3.05, 3.63) is 34.9 Å². The Labute approximate surface area is 199 Å². The van der Waals surface area contributed by atoms with E-state index in [-0.39, 0.29) is 30.2 Å². The fraction of sp³-hybridized carbons (Fsp3) is 0.696. The van der Waals surface area contributed by atoms with Crippen molar-refractivity contribution in [1.29, 1.82) is 0 Å². The number of piperidine rings is 1. The van der Waals surface area contributed by atoms with Crippen LogP contribution in [-0.4, -0.2) is 68.1 Å². The molecule has 1 aromatic rings. The SMILES string of the molecule is CCCCC(=O)C1(c2cccc(Cl)c2)CCN(CCCN2CCOCC2)CC1.Cl.Cl. The summed E-state index contributed by atoms with van der Waals surface area (Å²) >= 11 is 6.27. The molecule has 0 unspecified atom stereocenters. The number of unbranched alkanes of at least 4 members (excludes halogenated alkanes) is 1. The Balaban J connectivity index is 0.00000225. The predicted molar refractivity (Wildman–Crippen MR) is 130 cm³/mol. The van der Waals surface area contributed by atoms with Crippen molar-refractivity contribution in [2.75, 3.05) is 52.5 Å². The van der Waals surface area contributed by atoms with Crippen LogP contribution in [0.2, 0.25) is 5.02 Å². The van der Waals surface area contributed by atoms with Crippen LogP contribution < -0.4 is 0 Å². The molecule has 0 amide bonds. The molecule has 2 aliphatic rings. The summed E-state index contributed by atoms with van der Waals surface area (Å²) < 4.78 is 5.43. The van der Waals surface area contributed by atoms with E-state index < -0.39 is 0 Å². The van der Waals surface area contributed by atoms with E-state index in [2.05, 4.69) is 22.8 Å². The van der Waals surface area contributed by atoms with Gasteiger partial charge in [-0.25, -0.2) is 0 Å². The molecule has 4 nitrogen and oxygen atoms in total. The lowest BCUT2D eigenvalue weighted by Gasteiger charge is -2.41. The van der Waals surface area contributed by atoms with Crippen molar-refractivity contribution >= 4 is 42.2 Å². The molecule has 0 N–H and O–H groups in total. The summed E-state index contributed by atoms with van der Waals surface area (Å²) in [5.41, 5.74) is 0.773. The second-order valence-corrected chi connectivity index (χ2v) is 8.70. The van der Waals surface area contributed by atoms with Gasteiger partial charge in [0, 0.05) is 24.5 Å². The van der Waals surface area contributed by atoms with Gasteiger partial charge >= 0.3 is 0 Å². The Morgan fingerprint density at radius 1 is 1.03 bits per heavy atom. The summed E-state index contributed by atoms with van der Waals surface area (Å²) in [5.74, 6) is 0.407. The maximum absolute atomic E-state index is 13.2. The van der Waals surface area contributed by atoms with E-state index in [0.29, 0.717) is 12.2 Å². The molecular weight excluding hydrogens is 443 g/mol. The van der Waals surface area contributed by atoms with Crippen molar-refractivity contribution in [1.82, 2.24) is 9.80 Å². The van der Waals surface area contributed by atoms with Gasteiger partial charge in [-0.1, -0.05) is 37.1 Å². The van der Waals surface area contributed by atoms with Gasteiger partial charge in [-0.05, 0) is 69.6 Å². The second-order valence-electron chi connectivity index (χ2n) is 8.27. The minimum atomic E-state index is -0.346. The number of hydrogen-bond acceptors (Lipinski definition) is 4. The molecule has 172 valence electrons. The average Bonchev–Trinajstić information content (AvgIpc) is 2.73. The van der Waals surface area contributed by atoms with Gasteiger partial charge in [-0.3, -0.25) is 9.69 Å². The number of ketones is 1. The highest BCUT2D eigenvalue weighted by Crippen LogP contribution is 2.38. The Bertz CT molecular complexity index is 631. The number of nitrogens with zero attached hydrogens (tertiary/aromatic N) is 2. The van der Waals surface area contributed by atoms with E-state index in [0.717, 1.165) is 88.8 Å². The highest BCUT2D eigenvalue weighted by atomic mass is 35.5. The molecule has 1 aromatic carbocycles. The fourth-order valence-electron chi connectivity index (χ4n) is 4.59. The minimum Gasteiger partial charge on any atom is -0.379 e. The molecule has 3 rings (SSSR count). The number of benzene rings is 1. The Morgan fingerprint density at radius 3 is 2.27 bits per heavy atom. The maximum atomic E-state index is 13.2. The summed E-state index contributed by atoms with van der Waals surface area (Å²) in [6.07, 6.45) is 5.73. The number of carbonyl (C=O) groups is 1. The van der Waals surface area contributed by atoms with Crippen LogP contribution in [0.3, 0.4) is 0 Å². The molecule has 2 saturated heterocycles. The molecule has 0 atom stereocenters. The summed E-state index contributed by atoms with van der Waals surface area (Å²) in [5, 5.41) is 0.730. The summed E-state index contributed by atoms with van der Waals surface area (Å²) in [6, 6.07) is 8.00. The van der Waals surface area contributed by atoms with Crippen LogP contribution in [0.4, 0.5) is 0 Å². The molecule has 2 fully saturated rings. The van der Waals surface area contributed by atoms with Crippen LogP contribution >= 0.6 is 36.4 Å². The van der Waals surface area contributed by atoms with Crippen LogP contribution in [0, 0.1) is 0 Å². The Hall–Kier alpha value is -0.360. The van der Waals surface area contributed by atoms with Gasteiger partial charge in [0.1, 0.15) is 5.78 Å². The van der Waals surface area contributed by atoms with Gasteiger partial charge in [0.2, 0.25) is 0 Å². The van der Waals surface area contributed by atoms with Gasteiger partial charge in [-0.15, -0.1) is 24.8 Å². The largest absolute Gasteiger partial charge is 0.379 e. The number of halogens is 3. The van der Waals surface area contributed by atoms with Crippen molar-refractivity contribution < 1.29 is 9.53 Å². The molecule has 7 heteroatoms. The molecule has 2 aliphatic heterocycles. The lowest BCUT2D eigenvalue weighted by atomic mass is 9.68. The average molecular weight is 480 g/mol. The van der Waals surface area contributed by atoms with E-state index in [1.54, 1.807) is 0 Å². The number of likely N-dealkylation sites (tertiary alicyclic amines) is 1. The zero-order chi connectivity index (χ0) is 19.8. The predicted octanol–water partition coefficient (Wildman–Crippen LogP) is 5.00. The maximum Gasteiger partial charge on any atom is 0.143 e. The highest BCUT2D eigenvalue weighted by Gasteiger charge is 2.41. The van der Waals surface area contributed by atoms with Gasteiger partial charge < -0.3 is 9.64 Å². The summed E-state index contributed by atoms with van der Waals surface area (Å²) in [6.45, 7) is 10.3. The molecule has 30 heavy (non-hydrogen) atoms. The molecule has 0 saturated carbocycles.